The standard InChI is InChI=1S/C13H23N3O3S/c1-9-16(11(8-20-9)12(17)18)13(19)15(3)10-4-6-14(2)7-5-10/h9-11H,4-8H2,1-3H3,(H,17,18). The quantitative estimate of drug-likeness (QED) is 0.824. The third-order valence-electron chi connectivity index (χ3n) is 4.27. The number of aliphatic carboxylic acids is 1. The number of likely N-dealkylation sites (tertiary alicyclic amines) is 1. The molecule has 2 saturated heterocycles. The maximum atomic E-state index is 12.6. The van der Waals surface area contributed by atoms with E-state index in [-0.39, 0.29) is 17.4 Å². The van der Waals surface area contributed by atoms with Crippen LogP contribution in [0.2, 0.25) is 0 Å². The maximum Gasteiger partial charge on any atom is 0.327 e. The summed E-state index contributed by atoms with van der Waals surface area (Å²) in [7, 11) is 3.88. The van der Waals surface area contributed by atoms with Crippen LogP contribution in [-0.2, 0) is 4.79 Å². The van der Waals surface area contributed by atoms with Crippen molar-refractivity contribution in [1.29, 1.82) is 0 Å². The molecule has 2 heterocycles. The van der Waals surface area contributed by atoms with Gasteiger partial charge in [0.25, 0.3) is 0 Å². The van der Waals surface area contributed by atoms with Gasteiger partial charge in [0.2, 0.25) is 0 Å². The fourth-order valence-electron chi connectivity index (χ4n) is 2.84. The Morgan fingerprint density at radius 3 is 2.45 bits per heavy atom. The van der Waals surface area contributed by atoms with Gasteiger partial charge in [-0.15, -0.1) is 11.8 Å². The van der Waals surface area contributed by atoms with Crippen LogP contribution >= 0.6 is 11.8 Å². The number of hydrogen-bond acceptors (Lipinski definition) is 4. The van der Waals surface area contributed by atoms with E-state index in [2.05, 4.69) is 11.9 Å². The second-order valence-corrected chi connectivity index (χ2v) is 6.97. The molecule has 2 fully saturated rings. The Morgan fingerprint density at radius 2 is 1.90 bits per heavy atom. The predicted molar refractivity (Wildman–Crippen MR) is 78.9 cm³/mol. The molecule has 2 atom stereocenters. The van der Waals surface area contributed by atoms with Crippen molar-refractivity contribution >= 4 is 23.8 Å². The highest BCUT2D eigenvalue weighted by Gasteiger charge is 2.41. The normalized spacial score (nSPS) is 28.6. The van der Waals surface area contributed by atoms with E-state index in [4.69, 9.17) is 0 Å². The zero-order valence-electron chi connectivity index (χ0n) is 12.3. The third kappa shape index (κ3) is 3.03. The van der Waals surface area contributed by atoms with E-state index in [0.717, 1.165) is 25.9 Å². The van der Waals surface area contributed by atoms with Crippen LogP contribution in [0.5, 0.6) is 0 Å². The molecule has 0 spiro atoms. The van der Waals surface area contributed by atoms with E-state index < -0.39 is 12.0 Å². The van der Waals surface area contributed by atoms with Gasteiger partial charge in [0.05, 0.1) is 5.37 Å². The molecule has 0 bridgehead atoms. The highest BCUT2D eigenvalue weighted by molar-refractivity contribution is 8.00. The van der Waals surface area contributed by atoms with Gasteiger partial charge in [-0.05, 0) is 39.9 Å². The Bertz CT molecular complexity index is 385. The molecule has 114 valence electrons. The number of thioether (sulfide) groups is 1. The molecule has 0 aliphatic carbocycles. The lowest BCUT2D eigenvalue weighted by atomic mass is 10.0. The second kappa shape index (κ2) is 6.22. The van der Waals surface area contributed by atoms with Crippen molar-refractivity contribution in [3.05, 3.63) is 0 Å². The molecule has 0 saturated carbocycles. The highest BCUT2D eigenvalue weighted by atomic mass is 32.2. The molecule has 2 rings (SSSR count). The zero-order valence-corrected chi connectivity index (χ0v) is 13.1. The van der Waals surface area contributed by atoms with Crippen LogP contribution in [0.1, 0.15) is 19.8 Å². The number of carbonyl (C=O) groups is 2. The molecular formula is C13H23N3O3S. The number of nitrogens with zero attached hydrogens (tertiary/aromatic N) is 3. The van der Waals surface area contributed by atoms with E-state index in [1.165, 1.54) is 16.7 Å². The maximum absolute atomic E-state index is 12.6. The monoisotopic (exact) mass is 301 g/mol. The number of rotatable bonds is 2. The number of carboxylic acids is 1. The summed E-state index contributed by atoms with van der Waals surface area (Å²) in [4.78, 5) is 29.4. The van der Waals surface area contributed by atoms with Crippen molar-refractivity contribution < 1.29 is 14.7 Å². The Kier molecular flexibility index (Phi) is 4.80. The summed E-state index contributed by atoms with van der Waals surface area (Å²) in [5.74, 6) is -0.435. The lowest BCUT2D eigenvalue weighted by Crippen LogP contribution is -2.54. The van der Waals surface area contributed by atoms with Crippen molar-refractivity contribution in [3.63, 3.8) is 0 Å². The first-order valence-electron chi connectivity index (χ1n) is 7.00. The van der Waals surface area contributed by atoms with Gasteiger partial charge in [0.1, 0.15) is 6.04 Å². The van der Waals surface area contributed by atoms with Crippen LogP contribution in [0.15, 0.2) is 0 Å². The van der Waals surface area contributed by atoms with Gasteiger partial charge in [-0.3, -0.25) is 4.90 Å². The fourth-order valence-corrected chi connectivity index (χ4v) is 4.01. The molecular weight excluding hydrogens is 278 g/mol. The minimum atomic E-state index is -0.910. The van der Waals surface area contributed by atoms with Crippen molar-refractivity contribution in [2.75, 3.05) is 32.9 Å². The van der Waals surface area contributed by atoms with Gasteiger partial charge < -0.3 is 14.9 Å². The summed E-state index contributed by atoms with van der Waals surface area (Å²) in [5, 5.41) is 9.17. The van der Waals surface area contributed by atoms with Crippen molar-refractivity contribution in [1.82, 2.24) is 14.7 Å². The molecule has 2 aliphatic heterocycles. The van der Waals surface area contributed by atoms with Gasteiger partial charge >= 0.3 is 12.0 Å². The fraction of sp³-hybridized carbons (Fsp3) is 0.846. The van der Waals surface area contributed by atoms with E-state index in [9.17, 15) is 14.7 Å². The zero-order chi connectivity index (χ0) is 14.9. The van der Waals surface area contributed by atoms with Crippen LogP contribution in [-0.4, -0.2) is 82.2 Å². The van der Waals surface area contributed by atoms with Crippen molar-refractivity contribution in [2.24, 2.45) is 0 Å². The van der Waals surface area contributed by atoms with Crippen molar-refractivity contribution in [2.45, 2.75) is 37.2 Å². The molecule has 6 nitrogen and oxygen atoms in total. The average molecular weight is 301 g/mol. The number of carboxylic acid groups (broad SMARTS) is 1. The number of hydrogen-bond donors (Lipinski definition) is 1. The Hall–Kier alpha value is -0.950. The lowest BCUT2D eigenvalue weighted by Gasteiger charge is -2.38. The van der Waals surface area contributed by atoms with Gasteiger partial charge in [-0.1, -0.05) is 0 Å². The van der Waals surface area contributed by atoms with Crippen LogP contribution in [0.25, 0.3) is 0 Å². The van der Waals surface area contributed by atoms with Gasteiger partial charge in [0, 0.05) is 18.8 Å². The largest absolute Gasteiger partial charge is 0.480 e. The molecule has 0 aromatic rings. The summed E-state index contributed by atoms with van der Waals surface area (Å²) in [6, 6.07) is -0.633. The van der Waals surface area contributed by atoms with E-state index in [1.807, 2.05) is 6.92 Å². The summed E-state index contributed by atoms with van der Waals surface area (Å²) >= 11 is 1.52. The molecule has 0 aromatic carbocycles. The Labute approximate surface area is 124 Å². The van der Waals surface area contributed by atoms with Gasteiger partial charge in [0.15, 0.2) is 0 Å². The van der Waals surface area contributed by atoms with Crippen LogP contribution in [0, 0.1) is 0 Å². The summed E-state index contributed by atoms with van der Waals surface area (Å²) < 4.78 is 0. The average Bonchev–Trinajstić information content (AvgIpc) is 2.80. The first-order chi connectivity index (χ1) is 9.41. The lowest BCUT2D eigenvalue weighted by molar-refractivity contribution is -0.141. The second-order valence-electron chi connectivity index (χ2n) is 5.62. The van der Waals surface area contributed by atoms with E-state index >= 15 is 0 Å². The number of piperidine rings is 1. The summed E-state index contributed by atoms with van der Waals surface area (Å²) in [5.41, 5.74) is 0. The minimum Gasteiger partial charge on any atom is -0.480 e. The van der Waals surface area contributed by atoms with Crippen LogP contribution in [0.3, 0.4) is 0 Å². The molecule has 0 aromatic heterocycles. The summed E-state index contributed by atoms with van der Waals surface area (Å²) in [6.07, 6.45) is 1.90. The van der Waals surface area contributed by atoms with E-state index in [1.54, 1.807) is 11.9 Å². The number of amides is 2. The molecule has 0 radical (unpaired) electrons. The van der Waals surface area contributed by atoms with E-state index in [0.29, 0.717) is 5.75 Å². The molecule has 1 N–H and O–H groups in total. The Balaban J connectivity index is 2.03. The first kappa shape index (κ1) is 15.4. The number of carbonyl (C=O) groups excluding carboxylic acids is 1. The van der Waals surface area contributed by atoms with Crippen LogP contribution < -0.4 is 0 Å². The van der Waals surface area contributed by atoms with Crippen molar-refractivity contribution in [3.8, 4) is 0 Å². The van der Waals surface area contributed by atoms with Crippen LogP contribution in [0.4, 0.5) is 4.79 Å². The molecule has 2 aliphatic rings. The van der Waals surface area contributed by atoms with Gasteiger partial charge in [-0.25, -0.2) is 9.59 Å². The summed E-state index contributed by atoms with van der Waals surface area (Å²) in [6.45, 7) is 3.86. The minimum absolute atomic E-state index is 0.0719. The molecule has 20 heavy (non-hydrogen) atoms. The first-order valence-corrected chi connectivity index (χ1v) is 8.04. The predicted octanol–water partition coefficient (Wildman–Crippen LogP) is 0.980. The third-order valence-corrected chi connectivity index (χ3v) is 5.48. The molecule has 7 heteroatoms. The molecule has 2 amide bonds. The number of urea groups is 1. The molecule has 2 unspecified atom stereocenters. The highest BCUT2D eigenvalue weighted by Crippen LogP contribution is 2.30. The van der Waals surface area contributed by atoms with Gasteiger partial charge in [-0.2, -0.15) is 0 Å². The smallest absolute Gasteiger partial charge is 0.327 e. The SMILES string of the molecule is CC1SCC(C(=O)O)N1C(=O)N(C)C1CCN(C)CC1. The Morgan fingerprint density at radius 1 is 1.30 bits per heavy atom. The topological polar surface area (TPSA) is 64.1 Å².